The van der Waals surface area contributed by atoms with Gasteiger partial charge >= 0.3 is 0 Å². The Morgan fingerprint density at radius 1 is 1.35 bits per heavy atom. The summed E-state index contributed by atoms with van der Waals surface area (Å²) < 4.78 is 4.22. The lowest BCUT2D eigenvalue weighted by atomic mass is 10.2. The smallest absolute Gasteiger partial charge is 0.243 e. The number of thioether (sulfide) groups is 1. The Morgan fingerprint density at radius 3 is 3.00 bits per heavy atom. The number of hydrogen-bond donors (Lipinski definition) is 1. The number of aromatic nitrogens is 4. The van der Waals surface area contributed by atoms with Gasteiger partial charge in [-0.05, 0) is 25.5 Å². The summed E-state index contributed by atoms with van der Waals surface area (Å²) in [5.74, 6) is 2.04. The Morgan fingerprint density at radius 2 is 2.19 bits per heavy atom. The molecular formula is C19H23N5OS. The molecule has 6 nitrogen and oxygen atoms in total. The van der Waals surface area contributed by atoms with Crippen LogP contribution in [0.5, 0.6) is 0 Å². The van der Waals surface area contributed by atoms with Crippen molar-refractivity contribution < 1.29 is 4.79 Å². The number of carbonyl (C=O) groups excluding carboxylic acids is 1. The van der Waals surface area contributed by atoms with Gasteiger partial charge in [-0.3, -0.25) is 4.79 Å². The summed E-state index contributed by atoms with van der Waals surface area (Å²) in [6.45, 7) is 5.52. The van der Waals surface area contributed by atoms with Crippen LogP contribution in [0.4, 0.5) is 0 Å². The van der Waals surface area contributed by atoms with Gasteiger partial charge in [-0.15, -0.1) is 0 Å². The van der Waals surface area contributed by atoms with E-state index in [2.05, 4.69) is 26.4 Å². The van der Waals surface area contributed by atoms with Crippen LogP contribution in [0.1, 0.15) is 37.8 Å². The van der Waals surface area contributed by atoms with E-state index < -0.39 is 0 Å². The molecule has 1 aromatic carbocycles. The average Bonchev–Trinajstić information content (AvgIpc) is 3.31. The van der Waals surface area contributed by atoms with E-state index in [0.29, 0.717) is 6.54 Å². The topological polar surface area (TPSA) is 64.7 Å². The zero-order chi connectivity index (χ0) is 18.1. The van der Waals surface area contributed by atoms with Crippen molar-refractivity contribution in [2.24, 2.45) is 0 Å². The summed E-state index contributed by atoms with van der Waals surface area (Å²) in [6.07, 6.45) is 3.89. The SMILES string of the molecule is CCCc1nc2ccccc2n1[C@H](C)C(=O)NCc1cn2c(n1)SCC2. The number of benzene rings is 1. The number of imidazole rings is 2. The van der Waals surface area contributed by atoms with Crippen molar-refractivity contribution in [3.05, 3.63) is 42.0 Å². The molecule has 136 valence electrons. The van der Waals surface area contributed by atoms with Crippen LogP contribution in [-0.2, 0) is 24.3 Å². The van der Waals surface area contributed by atoms with E-state index in [1.807, 2.05) is 37.4 Å². The second-order valence-corrected chi connectivity index (χ2v) is 7.65. The molecular weight excluding hydrogens is 346 g/mol. The van der Waals surface area contributed by atoms with Crippen molar-refractivity contribution in [2.45, 2.75) is 51.0 Å². The molecule has 0 bridgehead atoms. The number of nitrogens with zero attached hydrogens (tertiary/aromatic N) is 4. The van der Waals surface area contributed by atoms with Gasteiger partial charge in [0.1, 0.15) is 11.9 Å². The molecule has 0 saturated heterocycles. The molecule has 7 heteroatoms. The van der Waals surface area contributed by atoms with E-state index in [4.69, 9.17) is 4.98 Å². The Kier molecular flexibility index (Phi) is 4.72. The number of rotatable bonds is 6. The summed E-state index contributed by atoms with van der Waals surface area (Å²) in [5.41, 5.74) is 2.87. The van der Waals surface area contributed by atoms with E-state index in [-0.39, 0.29) is 11.9 Å². The van der Waals surface area contributed by atoms with Crippen LogP contribution in [0.3, 0.4) is 0 Å². The summed E-state index contributed by atoms with van der Waals surface area (Å²) in [6, 6.07) is 7.69. The van der Waals surface area contributed by atoms with Crippen LogP contribution >= 0.6 is 11.8 Å². The number of para-hydroxylation sites is 2. The molecule has 4 rings (SSSR count). The first-order valence-corrected chi connectivity index (χ1v) is 10.1. The molecule has 0 fully saturated rings. The van der Waals surface area contributed by atoms with Gasteiger partial charge in [0.05, 0.1) is 23.3 Å². The summed E-state index contributed by atoms with van der Waals surface area (Å²) in [7, 11) is 0. The number of carbonyl (C=O) groups is 1. The second kappa shape index (κ2) is 7.15. The zero-order valence-electron chi connectivity index (χ0n) is 15.1. The monoisotopic (exact) mass is 369 g/mol. The lowest BCUT2D eigenvalue weighted by Crippen LogP contribution is -2.31. The van der Waals surface area contributed by atoms with E-state index in [0.717, 1.165) is 52.8 Å². The minimum Gasteiger partial charge on any atom is -0.349 e. The van der Waals surface area contributed by atoms with Crippen molar-refractivity contribution >= 4 is 28.7 Å². The molecule has 3 heterocycles. The van der Waals surface area contributed by atoms with Gasteiger partial charge in [-0.2, -0.15) is 0 Å². The normalized spacial score (nSPS) is 14.5. The third kappa shape index (κ3) is 3.11. The fraction of sp³-hybridized carbons (Fsp3) is 0.421. The Bertz CT molecular complexity index is 923. The van der Waals surface area contributed by atoms with Crippen molar-refractivity contribution in [2.75, 3.05) is 5.75 Å². The van der Waals surface area contributed by atoms with Crippen LogP contribution in [0.2, 0.25) is 0 Å². The Hall–Kier alpha value is -2.28. The van der Waals surface area contributed by atoms with Crippen LogP contribution < -0.4 is 5.32 Å². The quantitative estimate of drug-likeness (QED) is 0.725. The maximum absolute atomic E-state index is 12.8. The van der Waals surface area contributed by atoms with Crippen LogP contribution in [-0.4, -0.2) is 30.8 Å². The zero-order valence-corrected chi connectivity index (χ0v) is 15.9. The van der Waals surface area contributed by atoms with E-state index in [1.54, 1.807) is 11.8 Å². The van der Waals surface area contributed by atoms with Crippen LogP contribution in [0, 0.1) is 0 Å². The number of hydrogen-bond acceptors (Lipinski definition) is 4. The molecule has 1 N–H and O–H groups in total. The third-order valence-corrected chi connectivity index (χ3v) is 5.68. The summed E-state index contributed by atoms with van der Waals surface area (Å²) in [4.78, 5) is 22.1. The highest BCUT2D eigenvalue weighted by Crippen LogP contribution is 2.25. The van der Waals surface area contributed by atoms with Crippen LogP contribution in [0.15, 0.2) is 35.6 Å². The van der Waals surface area contributed by atoms with Crippen molar-refractivity contribution in [3.8, 4) is 0 Å². The maximum Gasteiger partial charge on any atom is 0.243 e. The Labute approximate surface area is 157 Å². The number of aryl methyl sites for hydroxylation is 2. The van der Waals surface area contributed by atoms with Crippen LogP contribution in [0.25, 0.3) is 11.0 Å². The fourth-order valence-electron chi connectivity index (χ4n) is 3.42. The number of amides is 1. The lowest BCUT2D eigenvalue weighted by molar-refractivity contribution is -0.124. The van der Waals surface area contributed by atoms with Gasteiger partial charge < -0.3 is 14.5 Å². The van der Waals surface area contributed by atoms with Crippen molar-refractivity contribution in [1.29, 1.82) is 0 Å². The number of nitrogens with one attached hydrogen (secondary N) is 1. The molecule has 0 radical (unpaired) electrons. The first kappa shape index (κ1) is 17.1. The van der Waals surface area contributed by atoms with E-state index in [9.17, 15) is 4.79 Å². The third-order valence-electron chi connectivity index (χ3n) is 4.71. The molecule has 1 amide bonds. The minimum atomic E-state index is -0.312. The second-order valence-electron chi connectivity index (χ2n) is 6.59. The first-order valence-electron chi connectivity index (χ1n) is 9.09. The highest BCUT2D eigenvalue weighted by Gasteiger charge is 2.21. The van der Waals surface area contributed by atoms with Gasteiger partial charge in [-0.25, -0.2) is 9.97 Å². The van der Waals surface area contributed by atoms with Gasteiger partial charge in [-0.1, -0.05) is 30.8 Å². The molecule has 3 aromatic rings. The maximum atomic E-state index is 12.8. The standard InChI is InChI=1S/C19H23N5OS/c1-3-6-17-22-15-7-4-5-8-16(15)24(17)13(2)18(25)20-11-14-12-23-9-10-26-19(23)21-14/h4-5,7-8,12-13H,3,6,9-11H2,1-2H3,(H,20,25)/t13-/m1/s1. The predicted molar refractivity (Wildman–Crippen MR) is 103 cm³/mol. The molecule has 2 aromatic heterocycles. The lowest BCUT2D eigenvalue weighted by Gasteiger charge is -2.17. The molecule has 26 heavy (non-hydrogen) atoms. The highest BCUT2D eigenvalue weighted by molar-refractivity contribution is 7.99. The summed E-state index contributed by atoms with van der Waals surface area (Å²) in [5, 5.41) is 4.09. The molecule has 1 aliphatic heterocycles. The predicted octanol–water partition coefficient (Wildman–Crippen LogP) is 3.17. The molecule has 1 atom stereocenters. The van der Waals surface area contributed by atoms with Crippen molar-refractivity contribution in [3.63, 3.8) is 0 Å². The number of fused-ring (bicyclic) bond motifs is 2. The van der Waals surface area contributed by atoms with Gasteiger partial charge in [0, 0.05) is 24.9 Å². The van der Waals surface area contributed by atoms with E-state index >= 15 is 0 Å². The van der Waals surface area contributed by atoms with Gasteiger partial charge in [0.15, 0.2) is 5.16 Å². The van der Waals surface area contributed by atoms with Crippen molar-refractivity contribution in [1.82, 2.24) is 24.4 Å². The minimum absolute atomic E-state index is 0.00804. The molecule has 0 spiro atoms. The molecule has 0 aliphatic carbocycles. The summed E-state index contributed by atoms with van der Waals surface area (Å²) >= 11 is 1.76. The Balaban J connectivity index is 1.52. The van der Waals surface area contributed by atoms with E-state index in [1.165, 1.54) is 0 Å². The molecule has 0 unspecified atom stereocenters. The van der Waals surface area contributed by atoms with Gasteiger partial charge in [0.25, 0.3) is 0 Å². The first-order chi connectivity index (χ1) is 12.7. The molecule has 0 saturated carbocycles. The average molecular weight is 369 g/mol. The highest BCUT2D eigenvalue weighted by atomic mass is 32.2. The molecule has 1 aliphatic rings. The fourth-order valence-corrected chi connectivity index (χ4v) is 4.38. The largest absolute Gasteiger partial charge is 0.349 e. The van der Waals surface area contributed by atoms with Gasteiger partial charge in [0.2, 0.25) is 5.91 Å².